The van der Waals surface area contributed by atoms with Crippen molar-refractivity contribution in [3.05, 3.63) is 101 Å². The van der Waals surface area contributed by atoms with Crippen LogP contribution in [0.25, 0.3) is 0 Å². The summed E-state index contributed by atoms with van der Waals surface area (Å²) in [6.45, 7) is 0. The molecule has 1 N–H and O–H groups in total. The first-order valence-electron chi connectivity index (χ1n) is 7.98. The number of carbonyl (C=O) groups excluding carboxylic acids is 1. The van der Waals surface area contributed by atoms with E-state index >= 15 is 0 Å². The molecule has 0 atom stereocenters. The number of rotatable bonds is 5. The van der Waals surface area contributed by atoms with Crippen molar-refractivity contribution in [3.63, 3.8) is 0 Å². The van der Waals surface area contributed by atoms with Crippen molar-refractivity contribution in [1.82, 2.24) is 0 Å². The maximum absolute atomic E-state index is 13.9. The number of benzene rings is 3. The molecule has 0 aliphatic rings. The van der Waals surface area contributed by atoms with Crippen LogP contribution in [0.4, 0.5) is 10.1 Å². The standard InChI is InChI=1S/C21H17ClFNO/c22-17-11-12-20(19(23)13-17)24-21(25)14-18(15-7-3-1-4-8-15)16-9-5-2-6-10-16/h1-13,18H,14H2,(H,24,25). The molecule has 4 heteroatoms. The second kappa shape index (κ2) is 7.95. The Bertz CT molecular complexity index is 813. The van der Waals surface area contributed by atoms with Crippen LogP contribution >= 0.6 is 11.6 Å². The Morgan fingerprint density at radius 3 is 2.00 bits per heavy atom. The molecule has 0 aliphatic carbocycles. The Morgan fingerprint density at radius 1 is 0.920 bits per heavy atom. The molecule has 0 saturated carbocycles. The second-order valence-electron chi connectivity index (χ2n) is 5.75. The molecule has 25 heavy (non-hydrogen) atoms. The molecule has 0 heterocycles. The van der Waals surface area contributed by atoms with E-state index in [1.165, 1.54) is 12.1 Å². The number of nitrogens with one attached hydrogen (secondary N) is 1. The summed E-state index contributed by atoms with van der Waals surface area (Å²) in [5.41, 5.74) is 2.22. The van der Waals surface area contributed by atoms with Crippen LogP contribution in [-0.4, -0.2) is 5.91 Å². The van der Waals surface area contributed by atoms with E-state index in [9.17, 15) is 9.18 Å². The monoisotopic (exact) mass is 353 g/mol. The van der Waals surface area contributed by atoms with Gasteiger partial charge >= 0.3 is 0 Å². The summed E-state index contributed by atoms with van der Waals surface area (Å²) < 4.78 is 13.9. The Morgan fingerprint density at radius 2 is 1.48 bits per heavy atom. The number of anilines is 1. The summed E-state index contributed by atoms with van der Waals surface area (Å²) in [7, 11) is 0. The van der Waals surface area contributed by atoms with Crippen molar-refractivity contribution in [2.45, 2.75) is 12.3 Å². The fourth-order valence-electron chi connectivity index (χ4n) is 2.78. The van der Waals surface area contributed by atoms with Gasteiger partial charge in [0.2, 0.25) is 5.91 Å². The Hall–Kier alpha value is -2.65. The fraction of sp³-hybridized carbons (Fsp3) is 0.0952. The molecular weight excluding hydrogens is 337 g/mol. The van der Waals surface area contributed by atoms with Crippen molar-refractivity contribution in [2.24, 2.45) is 0 Å². The minimum absolute atomic E-state index is 0.0993. The predicted molar refractivity (Wildman–Crippen MR) is 99.4 cm³/mol. The minimum atomic E-state index is -0.545. The van der Waals surface area contributed by atoms with Crippen LogP contribution in [0.3, 0.4) is 0 Å². The van der Waals surface area contributed by atoms with E-state index in [1.807, 2.05) is 60.7 Å². The molecule has 3 aromatic carbocycles. The van der Waals surface area contributed by atoms with E-state index in [2.05, 4.69) is 5.32 Å². The van der Waals surface area contributed by atoms with Gasteiger partial charge in [0.15, 0.2) is 0 Å². The first-order valence-corrected chi connectivity index (χ1v) is 8.36. The molecule has 2 nitrogen and oxygen atoms in total. The lowest BCUT2D eigenvalue weighted by molar-refractivity contribution is -0.116. The number of carbonyl (C=O) groups is 1. The molecule has 3 rings (SSSR count). The van der Waals surface area contributed by atoms with Gasteiger partial charge < -0.3 is 5.32 Å². The molecule has 0 bridgehead atoms. The van der Waals surface area contributed by atoms with Crippen molar-refractivity contribution in [1.29, 1.82) is 0 Å². The molecule has 0 unspecified atom stereocenters. The van der Waals surface area contributed by atoms with Gasteiger partial charge in [0.25, 0.3) is 0 Å². The summed E-state index contributed by atoms with van der Waals surface area (Å²) in [5, 5.41) is 2.93. The molecular formula is C21H17ClFNO. The number of hydrogen-bond acceptors (Lipinski definition) is 1. The van der Waals surface area contributed by atoms with Crippen molar-refractivity contribution in [2.75, 3.05) is 5.32 Å². The first kappa shape index (κ1) is 17.2. The molecule has 0 spiro atoms. The van der Waals surface area contributed by atoms with Crippen LogP contribution in [0.1, 0.15) is 23.5 Å². The number of amides is 1. The Labute approximate surface area is 151 Å². The van der Waals surface area contributed by atoms with Crippen LogP contribution in [0.5, 0.6) is 0 Å². The fourth-order valence-corrected chi connectivity index (χ4v) is 2.94. The van der Waals surface area contributed by atoms with Gasteiger partial charge in [-0.1, -0.05) is 72.3 Å². The van der Waals surface area contributed by atoms with E-state index in [0.717, 1.165) is 11.1 Å². The molecule has 0 radical (unpaired) electrons. The predicted octanol–water partition coefficient (Wildman–Crippen LogP) is 5.64. The molecule has 126 valence electrons. The normalized spacial score (nSPS) is 10.7. The molecule has 0 aromatic heterocycles. The highest BCUT2D eigenvalue weighted by Gasteiger charge is 2.18. The maximum atomic E-state index is 13.9. The molecule has 0 aliphatic heterocycles. The third-order valence-corrected chi connectivity index (χ3v) is 4.23. The van der Waals surface area contributed by atoms with E-state index in [1.54, 1.807) is 6.07 Å². The smallest absolute Gasteiger partial charge is 0.225 e. The summed E-state index contributed by atoms with van der Waals surface area (Å²) >= 11 is 5.75. The van der Waals surface area contributed by atoms with Crippen LogP contribution in [0.2, 0.25) is 5.02 Å². The van der Waals surface area contributed by atoms with E-state index in [-0.39, 0.29) is 23.9 Å². The van der Waals surface area contributed by atoms with Gasteiger partial charge in [0.1, 0.15) is 5.82 Å². The van der Waals surface area contributed by atoms with Gasteiger partial charge in [0.05, 0.1) is 5.69 Å². The zero-order valence-electron chi connectivity index (χ0n) is 13.5. The SMILES string of the molecule is O=C(CC(c1ccccc1)c1ccccc1)Nc1ccc(Cl)cc1F. The van der Waals surface area contributed by atoms with Gasteiger partial charge in [-0.2, -0.15) is 0 Å². The Balaban J connectivity index is 1.82. The average molecular weight is 354 g/mol. The lowest BCUT2D eigenvalue weighted by atomic mass is 9.88. The van der Waals surface area contributed by atoms with Crippen molar-refractivity contribution < 1.29 is 9.18 Å². The molecule has 3 aromatic rings. The highest BCUT2D eigenvalue weighted by Crippen LogP contribution is 2.28. The number of hydrogen-bond donors (Lipinski definition) is 1. The summed E-state index contributed by atoms with van der Waals surface area (Å²) in [4.78, 5) is 12.5. The van der Waals surface area contributed by atoms with E-state index < -0.39 is 5.82 Å². The summed E-state index contributed by atoms with van der Waals surface area (Å²) in [6.07, 6.45) is 0.218. The minimum Gasteiger partial charge on any atom is -0.324 e. The summed E-state index contributed by atoms with van der Waals surface area (Å²) in [5.74, 6) is -0.895. The largest absolute Gasteiger partial charge is 0.324 e. The third-order valence-electron chi connectivity index (χ3n) is 4.00. The van der Waals surface area contributed by atoms with E-state index in [4.69, 9.17) is 11.6 Å². The highest BCUT2D eigenvalue weighted by atomic mass is 35.5. The van der Waals surface area contributed by atoms with Gasteiger partial charge in [-0.15, -0.1) is 0 Å². The highest BCUT2D eigenvalue weighted by molar-refractivity contribution is 6.30. The van der Waals surface area contributed by atoms with Gasteiger partial charge in [-0.25, -0.2) is 4.39 Å². The van der Waals surface area contributed by atoms with Crippen LogP contribution in [0.15, 0.2) is 78.9 Å². The number of halogens is 2. The third kappa shape index (κ3) is 4.46. The van der Waals surface area contributed by atoms with Gasteiger partial charge in [-0.3, -0.25) is 4.79 Å². The quantitative estimate of drug-likeness (QED) is 0.631. The van der Waals surface area contributed by atoms with Crippen LogP contribution < -0.4 is 5.32 Å². The van der Waals surface area contributed by atoms with Gasteiger partial charge in [-0.05, 0) is 29.3 Å². The van der Waals surface area contributed by atoms with Crippen LogP contribution in [-0.2, 0) is 4.79 Å². The average Bonchev–Trinajstić information content (AvgIpc) is 2.63. The summed E-state index contributed by atoms with van der Waals surface area (Å²) in [6, 6.07) is 23.8. The lowest BCUT2D eigenvalue weighted by Gasteiger charge is -2.18. The Kier molecular flexibility index (Phi) is 5.46. The van der Waals surface area contributed by atoms with E-state index in [0.29, 0.717) is 5.02 Å². The van der Waals surface area contributed by atoms with Crippen LogP contribution in [0, 0.1) is 5.82 Å². The molecule has 0 saturated heterocycles. The lowest BCUT2D eigenvalue weighted by Crippen LogP contribution is -2.17. The van der Waals surface area contributed by atoms with Gasteiger partial charge in [0, 0.05) is 17.4 Å². The first-order chi connectivity index (χ1) is 12.1. The van der Waals surface area contributed by atoms with Crippen molar-refractivity contribution in [3.8, 4) is 0 Å². The molecule has 1 amide bonds. The van der Waals surface area contributed by atoms with Crippen molar-refractivity contribution >= 4 is 23.2 Å². The molecule has 0 fully saturated rings. The zero-order chi connectivity index (χ0) is 17.6. The maximum Gasteiger partial charge on any atom is 0.225 e. The second-order valence-corrected chi connectivity index (χ2v) is 6.19. The topological polar surface area (TPSA) is 29.1 Å². The zero-order valence-corrected chi connectivity index (χ0v) is 14.2.